The number of anilines is 1. The summed E-state index contributed by atoms with van der Waals surface area (Å²) in [5, 5.41) is 9.21. The number of benzene rings is 1. The van der Waals surface area contributed by atoms with Gasteiger partial charge in [-0.25, -0.2) is 4.98 Å². The molecule has 0 aliphatic rings. The molecule has 12 heavy (non-hydrogen) atoms. The lowest BCUT2D eigenvalue weighted by molar-refractivity contribution is 0.477. The molecule has 0 spiro atoms. The minimum absolute atomic E-state index is 0.0265. The molecule has 1 heterocycles. The standard InChI is InChI=1S/C8H8N2O2/c1-4-10-5-2-3-6(11)7(9)8(5)12-4/h2-3,11H,9H2,1H3. The van der Waals surface area contributed by atoms with E-state index in [4.69, 9.17) is 10.2 Å². The van der Waals surface area contributed by atoms with E-state index >= 15 is 0 Å². The van der Waals surface area contributed by atoms with Crippen molar-refractivity contribution in [3.05, 3.63) is 18.0 Å². The van der Waals surface area contributed by atoms with Crippen LogP contribution in [0.3, 0.4) is 0 Å². The highest BCUT2D eigenvalue weighted by molar-refractivity contribution is 5.88. The SMILES string of the molecule is Cc1nc2ccc(O)c(N)c2o1. The molecule has 0 saturated heterocycles. The number of phenols is 1. The van der Waals surface area contributed by atoms with Crippen LogP contribution >= 0.6 is 0 Å². The summed E-state index contributed by atoms with van der Waals surface area (Å²) in [6.07, 6.45) is 0. The molecule has 1 aromatic heterocycles. The summed E-state index contributed by atoms with van der Waals surface area (Å²) in [6.45, 7) is 1.73. The predicted molar refractivity (Wildman–Crippen MR) is 44.8 cm³/mol. The van der Waals surface area contributed by atoms with Crippen LogP contribution in [0.15, 0.2) is 16.5 Å². The number of aromatic nitrogens is 1. The quantitative estimate of drug-likeness (QED) is 0.456. The zero-order chi connectivity index (χ0) is 8.72. The number of aryl methyl sites for hydroxylation is 1. The molecular weight excluding hydrogens is 156 g/mol. The maximum atomic E-state index is 9.21. The van der Waals surface area contributed by atoms with Gasteiger partial charge in [0.25, 0.3) is 0 Å². The van der Waals surface area contributed by atoms with Crippen molar-refractivity contribution >= 4 is 16.8 Å². The lowest BCUT2D eigenvalue weighted by atomic mass is 10.2. The first-order valence-corrected chi connectivity index (χ1v) is 3.53. The third-order valence-corrected chi connectivity index (χ3v) is 1.68. The topological polar surface area (TPSA) is 72.3 Å². The van der Waals surface area contributed by atoms with E-state index in [-0.39, 0.29) is 11.4 Å². The van der Waals surface area contributed by atoms with Gasteiger partial charge in [-0.2, -0.15) is 0 Å². The predicted octanol–water partition coefficient (Wildman–Crippen LogP) is 1.42. The van der Waals surface area contributed by atoms with Gasteiger partial charge in [0, 0.05) is 6.92 Å². The zero-order valence-corrected chi connectivity index (χ0v) is 6.53. The monoisotopic (exact) mass is 164 g/mol. The first-order valence-electron chi connectivity index (χ1n) is 3.53. The summed E-state index contributed by atoms with van der Waals surface area (Å²) in [6, 6.07) is 3.16. The summed E-state index contributed by atoms with van der Waals surface area (Å²) in [5.41, 5.74) is 6.91. The second-order valence-electron chi connectivity index (χ2n) is 2.58. The van der Waals surface area contributed by atoms with Crippen molar-refractivity contribution in [3.63, 3.8) is 0 Å². The number of phenolic OH excluding ortho intramolecular Hbond substituents is 1. The highest BCUT2D eigenvalue weighted by Gasteiger charge is 2.08. The Bertz CT molecular complexity index is 434. The molecule has 3 N–H and O–H groups in total. The maximum Gasteiger partial charge on any atom is 0.192 e. The Morgan fingerprint density at radius 1 is 1.50 bits per heavy atom. The number of nitrogens with two attached hydrogens (primary N) is 1. The summed E-state index contributed by atoms with van der Waals surface area (Å²) >= 11 is 0. The minimum Gasteiger partial charge on any atom is -0.506 e. The summed E-state index contributed by atoms with van der Waals surface area (Å²) in [4.78, 5) is 4.06. The van der Waals surface area contributed by atoms with E-state index in [1.165, 1.54) is 6.07 Å². The summed E-state index contributed by atoms with van der Waals surface area (Å²) in [7, 11) is 0. The highest BCUT2D eigenvalue weighted by Crippen LogP contribution is 2.29. The molecule has 62 valence electrons. The Morgan fingerprint density at radius 2 is 2.25 bits per heavy atom. The Balaban J connectivity index is 2.89. The van der Waals surface area contributed by atoms with Gasteiger partial charge in [0.15, 0.2) is 11.5 Å². The van der Waals surface area contributed by atoms with Crippen LogP contribution in [0, 0.1) is 6.92 Å². The number of aromatic hydroxyl groups is 1. The van der Waals surface area contributed by atoms with Gasteiger partial charge in [-0.15, -0.1) is 0 Å². The second-order valence-corrected chi connectivity index (χ2v) is 2.58. The Kier molecular flexibility index (Phi) is 1.24. The molecule has 1 aromatic carbocycles. The van der Waals surface area contributed by atoms with Crippen molar-refractivity contribution in [2.24, 2.45) is 0 Å². The van der Waals surface area contributed by atoms with Crippen LogP contribution in [0.2, 0.25) is 0 Å². The van der Waals surface area contributed by atoms with Gasteiger partial charge < -0.3 is 15.3 Å². The average molecular weight is 164 g/mol. The lowest BCUT2D eigenvalue weighted by Crippen LogP contribution is -1.85. The zero-order valence-electron chi connectivity index (χ0n) is 6.53. The molecule has 0 aliphatic heterocycles. The number of hydrogen-bond acceptors (Lipinski definition) is 4. The molecule has 0 unspecified atom stereocenters. The highest BCUT2D eigenvalue weighted by atomic mass is 16.3. The van der Waals surface area contributed by atoms with Gasteiger partial charge in [0.2, 0.25) is 0 Å². The number of fused-ring (bicyclic) bond motifs is 1. The fraction of sp³-hybridized carbons (Fsp3) is 0.125. The molecule has 0 fully saturated rings. The van der Waals surface area contributed by atoms with Gasteiger partial charge >= 0.3 is 0 Å². The second kappa shape index (κ2) is 2.14. The number of hydrogen-bond donors (Lipinski definition) is 2. The molecule has 0 saturated carbocycles. The summed E-state index contributed by atoms with van der Waals surface area (Å²) in [5.74, 6) is 0.570. The van der Waals surface area contributed by atoms with Crippen LogP contribution in [0.4, 0.5) is 5.69 Å². The number of nitrogen functional groups attached to an aromatic ring is 1. The molecular formula is C8H8N2O2. The van der Waals surface area contributed by atoms with Crippen LogP contribution in [0.25, 0.3) is 11.1 Å². The molecule has 0 atom stereocenters. The van der Waals surface area contributed by atoms with Crippen LogP contribution in [0.5, 0.6) is 5.75 Å². The third-order valence-electron chi connectivity index (χ3n) is 1.68. The Hall–Kier alpha value is -1.71. The van der Waals surface area contributed by atoms with E-state index in [2.05, 4.69) is 4.98 Å². The number of oxazole rings is 1. The molecule has 0 radical (unpaired) electrons. The van der Waals surface area contributed by atoms with Crippen LogP contribution in [-0.4, -0.2) is 10.1 Å². The van der Waals surface area contributed by atoms with Crippen LogP contribution < -0.4 is 5.73 Å². The fourth-order valence-corrected chi connectivity index (χ4v) is 1.11. The van der Waals surface area contributed by atoms with Crippen molar-refractivity contribution in [1.29, 1.82) is 0 Å². The van der Waals surface area contributed by atoms with E-state index in [1.54, 1.807) is 13.0 Å². The average Bonchev–Trinajstić information content (AvgIpc) is 2.39. The largest absolute Gasteiger partial charge is 0.506 e. The normalized spacial score (nSPS) is 10.8. The molecule has 4 nitrogen and oxygen atoms in total. The van der Waals surface area contributed by atoms with Gasteiger partial charge in [-0.1, -0.05) is 0 Å². The number of nitrogens with zero attached hydrogens (tertiary/aromatic N) is 1. The van der Waals surface area contributed by atoms with Crippen LogP contribution in [0.1, 0.15) is 5.89 Å². The van der Waals surface area contributed by atoms with Crippen molar-refractivity contribution < 1.29 is 9.52 Å². The first kappa shape index (κ1) is 6.97. The van der Waals surface area contributed by atoms with Gasteiger partial charge in [0.1, 0.15) is 17.0 Å². The smallest absolute Gasteiger partial charge is 0.192 e. The van der Waals surface area contributed by atoms with Crippen LogP contribution in [-0.2, 0) is 0 Å². The maximum absolute atomic E-state index is 9.21. The molecule has 0 bridgehead atoms. The number of rotatable bonds is 0. The van der Waals surface area contributed by atoms with Crippen molar-refractivity contribution in [2.45, 2.75) is 6.92 Å². The lowest BCUT2D eigenvalue weighted by Gasteiger charge is -1.95. The molecule has 0 amide bonds. The molecule has 2 aromatic rings. The van der Waals surface area contributed by atoms with Gasteiger partial charge in [-0.3, -0.25) is 0 Å². The molecule has 0 aliphatic carbocycles. The van der Waals surface area contributed by atoms with Gasteiger partial charge in [-0.05, 0) is 12.1 Å². The van der Waals surface area contributed by atoms with Gasteiger partial charge in [0.05, 0.1) is 0 Å². The fourth-order valence-electron chi connectivity index (χ4n) is 1.11. The minimum atomic E-state index is 0.0265. The molecule has 2 rings (SSSR count). The third kappa shape index (κ3) is 0.812. The van der Waals surface area contributed by atoms with E-state index in [1.807, 2.05) is 0 Å². The van der Waals surface area contributed by atoms with E-state index < -0.39 is 0 Å². The van der Waals surface area contributed by atoms with Crippen molar-refractivity contribution in [1.82, 2.24) is 4.98 Å². The van der Waals surface area contributed by atoms with Crippen molar-refractivity contribution in [3.8, 4) is 5.75 Å². The van der Waals surface area contributed by atoms with Crippen molar-refractivity contribution in [2.75, 3.05) is 5.73 Å². The summed E-state index contributed by atoms with van der Waals surface area (Å²) < 4.78 is 5.18. The van der Waals surface area contributed by atoms with E-state index in [9.17, 15) is 5.11 Å². The first-order chi connectivity index (χ1) is 5.68. The van der Waals surface area contributed by atoms with E-state index in [0.29, 0.717) is 17.0 Å². The Morgan fingerprint density at radius 3 is 3.00 bits per heavy atom. The molecule has 4 heteroatoms. The Labute approximate surface area is 68.6 Å². The van der Waals surface area contributed by atoms with E-state index in [0.717, 1.165) is 0 Å².